The number of benzene rings is 1. The fraction of sp³-hybridized carbons (Fsp3) is 0.182. The summed E-state index contributed by atoms with van der Waals surface area (Å²) in [5.74, 6) is 1.18. The van der Waals surface area contributed by atoms with Crippen LogP contribution < -0.4 is 20.6 Å². The van der Waals surface area contributed by atoms with Gasteiger partial charge in [-0.2, -0.15) is 10.4 Å². The van der Waals surface area contributed by atoms with Crippen LogP contribution in [0.3, 0.4) is 0 Å². The van der Waals surface area contributed by atoms with E-state index >= 15 is 0 Å². The molecular formula is C11H12N4O2S. The van der Waals surface area contributed by atoms with E-state index in [4.69, 9.17) is 20.5 Å². The van der Waals surface area contributed by atoms with Crippen LogP contribution >= 0.6 is 12.2 Å². The summed E-state index contributed by atoms with van der Waals surface area (Å²) in [5, 5.41) is 12.6. The average Bonchev–Trinajstić information content (AvgIpc) is 2.38. The normalized spacial score (nSPS) is 10.4. The SMILES string of the molecule is COc1ccc(OC)c(N/N=C(\C#N)C(N)=S)c1. The zero-order chi connectivity index (χ0) is 13.5. The second-order valence-corrected chi connectivity index (χ2v) is 3.55. The Balaban J connectivity index is 3.02. The van der Waals surface area contributed by atoms with Gasteiger partial charge in [-0.15, -0.1) is 0 Å². The van der Waals surface area contributed by atoms with Crippen LogP contribution in [-0.4, -0.2) is 24.9 Å². The van der Waals surface area contributed by atoms with Gasteiger partial charge >= 0.3 is 0 Å². The van der Waals surface area contributed by atoms with Crippen molar-refractivity contribution in [2.24, 2.45) is 10.8 Å². The molecule has 6 nitrogen and oxygen atoms in total. The number of ether oxygens (including phenoxy) is 2. The van der Waals surface area contributed by atoms with E-state index in [0.29, 0.717) is 17.2 Å². The number of nitriles is 1. The minimum absolute atomic E-state index is 0.0603. The van der Waals surface area contributed by atoms with Crippen molar-refractivity contribution in [2.75, 3.05) is 19.6 Å². The number of thiocarbonyl (C=S) groups is 1. The van der Waals surface area contributed by atoms with Crippen LogP contribution in [0.1, 0.15) is 0 Å². The first kappa shape index (κ1) is 13.7. The lowest BCUT2D eigenvalue weighted by Crippen LogP contribution is -2.20. The number of methoxy groups -OCH3 is 2. The highest BCUT2D eigenvalue weighted by Crippen LogP contribution is 2.28. The summed E-state index contributed by atoms with van der Waals surface area (Å²) in [6.45, 7) is 0. The van der Waals surface area contributed by atoms with Gasteiger partial charge in [-0.05, 0) is 12.1 Å². The van der Waals surface area contributed by atoms with Crippen molar-refractivity contribution in [3.63, 3.8) is 0 Å². The lowest BCUT2D eigenvalue weighted by atomic mass is 10.3. The van der Waals surface area contributed by atoms with Gasteiger partial charge in [-0.25, -0.2) is 0 Å². The third-order valence-electron chi connectivity index (χ3n) is 2.03. The molecule has 0 aromatic heterocycles. The van der Waals surface area contributed by atoms with Crippen LogP contribution in [0.4, 0.5) is 5.69 Å². The van der Waals surface area contributed by atoms with Crippen LogP contribution in [0, 0.1) is 11.3 Å². The van der Waals surface area contributed by atoms with E-state index in [1.54, 1.807) is 31.4 Å². The van der Waals surface area contributed by atoms with E-state index in [0.717, 1.165) is 0 Å². The first-order valence-corrected chi connectivity index (χ1v) is 5.28. The standard InChI is InChI=1S/C11H12N4O2S/c1-16-7-3-4-10(17-2)8(5-7)14-15-9(6-12)11(13)18/h3-5,14H,1-2H3,(H2,13,18)/b15-9+. The lowest BCUT2D eigenvalue weighted by Gasteiger charge is -2.09. The molecule has 0 spiro atoms. The quantitative estimate of drug-likeness (QED) is 0.473. The zero-order valence-corrected chi connectivity index (χ0v) is 10.7. The summed E-state index contributed by atoms with van der Waals surface area (Å²) in [5.41, 5.74) is 8.47. The van der Waals surface area contributed by atoms with Crippen molar-refractivity contribution < 1.29 is 9.47 Å². The third-order valence-corrected chi connectivity index (χ3v) is 2.23. The van der Waals surface area contributed by atoms with Gasteiger partial charge in [-0.1, -0.05) is 12.2 Å². The fourth-order valence-corrected chi connectivity index (χ4v) is 1.24. The van der Waals surface area contributed by atoms with Gasteiger partial charge in [0, 0.05) is 6.07 Å². The van der Waals surface area contributed by atoms with E-state index in [2.05, 4.69) is 22.7 Å². The number of nitrogens with zero attached hydrogens (tertiary/aromatic N) is 2. The number of hydrogen-bond acceptors (Lipinski definition) is 6. The summed E-state index contributed by atoms with van der Waals surface area (Å²) >= 11 is 4.67. The first-order valence-electron chi connectivity index (χ1n) is 4.88. The van der Waals surface area contributed by atoms with E-state index in [1.807, 2.05) is 0 Å². The van der Waals surface area contributed by atoms with Crippen LogP contribution in [0.5, 0.6) is 11.5 Å². The number of hydrazone groups is 1. The Morgan fingerprint density at radius 3 is 2.67 bits per heavy atom. The monoisotopic (exact) mass is 264 g/mol. The molecule has 7 heteroatoms. The molecule has 0 amide bonds. The van der Waals surface area contributed by atoms with Gasteiger partial charge in [0.2, 0.25) is 0 Å². The summed E-state index contributed by atoms with van der Waals surface area (Å²) in [7, 11) is 3.07. The first-order chi connectivity index (χ1) is 8.62. The molecule has 0 aliphatic heterocycles. The third kappa shape index (κ3) is 3.33. The predicted molar refractivity (Wildman–Crippen MR) is 73.0 cm³/mol. The van der Waals surface area contributed by atoms with Gasteiger partial charge in [0.25, 0.3) is 0 Å². The molecule has 0 atom stereocenters. The van der Waals surface area contributed by atoms with E-state index in [9.17, 15) is 0 Å². The lowest BCUT2D eigenvalue weighted by molar-refractivity contribution is 0.404. The van der Waals surface area contributed by atoms with E-state index < -0.39 is 0 Å². The molecule has 0 saturated heterocycles. The number of nitrogens with two attached hydrogens (primary N) is 1. The summed E-state index contributed by atoms with van der Waals surface area (Å²) < 4.78 is 10.2. The molecule has 18 heavy (non-hydrogen) atoms. The molecule has 1 aromatic carbocycles. The molecule has 3 N–H and O–H groups in total. The fourth-order valence-electron chi connectivity index (χ4n) is 1.15. The Morgan fingerprint density at radius 2 is 2.17 bits per heavy atom. The van der Waals surface area contributed by atoms with Crippen molar-refractivity contribution in [3.05, 3.63) is 18.2 Å². The molecule has 94 valence electrons. The maximum atomic E-state index is 8.76. The molecular weight excluding hydrogens is 252 g/mol. The van der Waals surface area contributed by atoms with Crippen molar-refractivity contribution in [3.8, 4) is 17.6 Å². The zero-order valence-electron chi connectivity index (χ0n) is 9.93. The second-order valence-electron chi connectivity index (χ2n) is 3.11. The predicted octanol–water partition coefficient (Wildman–Crippen LogP) is 1.28. The Kier molecular flexibility index (Phi) is 4.90. The van der Waals surface area contributed by atoms with Crippen LogP contribution in [0.25, 0.3) is 0 Å². The number of hydrogen-bond donors (Lipinski definition) is 2. The highest BCUT2D eigenvalue weighted by Gasteiger charge is 2.06. The van der Waals surface area contributed by atoms with Gasteiger partial charge in [-0.3, -0.25) is 5.43 Å². The smallest absolute Gasteiger partial charge is 0.194 e. The minimum Gasteiger partial charge on any atom is -0.497 e. The maximum Gasteiger partial charge on any atom is 0.194 e. The Bertz CT molecular complexity index is 522. The van der Waals surface area contributed by atoms with Crippen LogP contribution in [0.15, 0.2) is 23.3 Å². The maximum absolute atomic E-state index is 8.76. The number of nitrogens with one attached hydrogen (secondary N) is 1. The van der Waals surface area contributed by atoms with Gasteiger partial charge < -0.3 is 15.2 Å². The molecule has 1 aromatic rings. The van der Waals surface area contributed by atoms with Crippen LogP contribution in [0.2, 0.25) is 0 Å². The Morgan fingerprint density at radius 1 is 1.44 bits per heavy atom. The molecule has 0 bridgehead atoms. The summed E-state index contributed by atoms with van der Waals surface area (Å²) in [6, 6.07) is 6.92. The van der Waals surface area contributed by atoms with Crippen LogP contribution in [-0.2, 0) is 0 Å². The molecule has 0 saturated carbocycles. The minimum atomic E-state index is -0.0770. The van der Waals surface area contributed by atoms with Gasteiger partial charge in [0.15, 0.2) is 5.71 Å². The molecule has 0 heterocycles. The highest BCUT2D eigenvalue weighted by molar-refractivity contribution is 7.82. The van der Waals surface area contributed by atoms with E-state index in [1.165, 1.54) is 7.11 Å². The number of rotatable bonds is 5. The topological polar surface area (TPSA) is 92.7 Å². The van der Waals surface area contributed by atoms with Crippen molar-refractivity contribution in [1.82, 2.24) is 0 Å². The van der Waals surface area contributed by atoms with Gasteiger partial charge in [0.05, 0.1) is 14.2 Å². The van der Waals surface area contributed by atoms with Crippen molar-refractivity contribution in [2.45, 2.75) is 0 Å². The van der Waals surface area contributed by atoms with Crippen molar-refractivity contribution in [1.29, 1.82) is 5.26 Å². The van der Waals surface area contributed by atoms with Gasteiger partial charge in [0.1, 0.15) is 28.2 Å². The summed E-state index contributed by atoms with van der Waals surface area (Å²) in [4.78, 5) is -0.0770. The number of anilines is 1. The molecule has 0 unspecified atom stereocenters. The summed E-state index contributed by atoms with van der Waals surface area (Å²) in [6.07, 6.45) is 0. The largest absolute Gasteiger partial charge is 0.497 e. The molecule has 1 rings (SSSR count). The highest BCUT2D eigenvalue weighted by atomic mass is 32.1. The average molecular weight is 264 g/mol. The Labute approximate surface area is 110 Å². The van der Waals surface area contributed by atoms with E-state index in [-0.39, 0.29) is 10.7 Å². The molecule has 0 aliphatic carbocycles. The molecule has 0 radical (unpaired) electrons. The molecule has 0 aliphatic rings. The second kappa shape index (κ2) is 6.42. The van der Waals surface area contributed by atoms with Crippen molar-refractivity contribution >= 4 is 28.6 Å². The Hall–Kier alpha value is -2.33. The molecule has 0 fully saturated rings.